The van der Waals surface area contributed by atoms with Gasteiger partial charge in [-0.1, -0.05) is 40.6 Å². The molecule has 1 aliphatic rings. The number of hydrogen-bond donors (Lipinski definition) is 4. The minimum absolute atomic E-state index is 0.0297. The number of halogens is 2. The Hall–Kier alpha value is -2.83. The topological polar surface area (TPSA) is 147 Å². The first-order valence-electron chi connectivity index (χ1n) is 10.9. The van der Waals surface area contributed by atoms with Gasteiger partial charge in [0.25, 0.3) is 0 Å². The third-order valence-corrected chi connectivity index (χ3v) is 6.32. The molecule has 4 rings (SSSR count). The van der Waals surface area contributed by atoms with Crippen LogP contribution in [0.25, 0.3) is 6.08 Å². The van der Waals surface area contributed by atoms with Gasteiger partial charge in [-0.25, -0.2) is 4.68 Å². The van der Waals surface area contributed by atoms with Crippen LogP contribution in [0.2, 0.25) is 10.0 Å². The summed E-state index contributed by atoms with van der Waals surface area (Å²) in [5.74, 6) is 0.289. The van der Waals surface area contributed by atoms with Crippen molar-refractivity contribution in [2.24, 2.45) is 0 Å². The van der Waals surface area contributed by atoms with Gasteiger partial charge >= 0.3 is 0 Å². The van der Waals surface area contributed by atoms with E-state index in [4.69, 9.17) is 32.7 Å². The Bertz CT molecular complexity index is 1230. The Labute approximate surface area is 215 Å². The molecule has 0 aliphatic carbocycles. The van der Waals surface area contributed by atoms with E-state index in [2.05, 4.69) is 10.3 Å². The number of aliphatic hydroxyl groups excluding tert-OH is 4. The molecule has 0 saturated carbocycles. The molecule has 2 aromatic carbocycles. The van der Waals surface area contributed by atoms with Gasteiger partial charge in [0.1, 0.15) is 42.5 Å². The molecular formula is C24H23Cl2N3O7. The summed E-state index contributed by atoms with van der Waals surface area (Å²) in [5, 5.41) is 48.1. The van der Waals surface area contributed by atoms with Crippen molar-refractivity contribution in [2.45, 2.75) is 37.3 Å². The number of carbonyl (C=O) groups excluding carboxylic acids is 1. The maximum Gasteiger partial charge on any atom is 0.185 e. The molecular weight excluding hydrogens is 513 g/mol. The van der Waals surface area contributed by atoms with Gasteiger partial charge in [-0.15, -0.1) is 5.10 Å². The summed E-state index contributed by atoms with van der Waals surface area (Å²) in [5.41, 5.74) is 1.61. The summed E-state index contributed by atoms with van der Waals surface area (Å²) in [6.45, 7) is -0.516. The second kappa shape index (κ2) is 11.5. The first-order valence-corrected chi connectivity index (χ1v) is 11.6. The molecule has 0 bridgehead atoms. The smallest absolute Gasteiger partial charge is 0.185 e. The number of rotatable bonds is 8. The number of nitrogens with zero attached hydrogens (tertiary/aromatic N) is 3. The van der Waals surface area contributed by atoms with Crippen LogP contribution in [0.15, 0.2) is 54.7 Å². The van der Waals surface area contributed by atoms with Gasteiger partial charge in [0.05, 0.1) is 22.8 Å². The lowest BCUT2D eigenvalue weighted by Gasteiger charge is -2.39. The number of hydrogen-bond acceptors (Lipinski definition) is 9. The quantitative estimate of drug-likeness (QED) is 0.251. The van der Waals surface area contributed by atoms with Crippen molar-refractivity contribution in [3.05, 3.63) is 81.6 Å². The highest BCUT2D eigenvalue weighted by Gasteiger charge is 2.44. The van der Waals surface area contributed by atoms with Gasteiger partial charge < -0.3 is 29.9 Å². The zero-order valence-electron chi connectivity index (χ0n) is 18.7. The maximum absolute atomic E-state index is 12.4. The molecule has 0 amide bonds. The molecule has 10 nitrogen and oxygen atoms in total. The van der Waals surface area contributed by atoms with E-state index in [1.54, 1.807) is 48.5 Å². The SMILES string of the molecule is O=C(/C=C/c1ccc(Cl)c(Cl)c1)c1ccc(OCc2cn([C@@H]3O[C@H](CO)[C@@H](O)[C@H](O)[C@H]3O)nn2)cc1. The highest BCUT2D eigenvalue weighted by Crippen LogP contribution is 2.28. The molecule has 1 aromatic heterocycles. The molecule has 1 aliphatic heterocycles. The second-order valence-electron chi connectivity index (χ2n) is 8.09. The summed E-state index contributed by atoms with van der Waals surface area (Å²) in [6.07, 6.45) is -2.13. The maximum atomic E-state index is 12.4. The van der Waals surface area contributed by atoms with Crippen LogP contribution in [0.3, 0.4) is 0 Å². The average molecular weight is 536 g/mol. The fraction of sp³-hybridized carbons (Fsp3) is 0.292. The zero-order chi connectivity index (χ0) is 25.8. The average Bonchev–Trinajstić information content (AvgIpc) is 3.36. The van der Waals surface area contributed by atoms with E-state index in [9.17, 15) is 25.2 Å². The molecule has 12 heteroatoms. The largest absolute Gasteiger partial charge is 0.487 e. The lowest BCUT2D eigenvalue weighted by Crippen LogP contribution is -2.56. The van der Waals surface area contributed by atoms with Crippen LogP contribution in [0.1, 0.15) is 27.8 Å². The Balaban J connectivity index is 1.34. The van der Waals surface area contributed by atoms with Crippen LogP contribution < -0.4 is 4.74 Å². The molecule has 3 aromatic rings. The van der Waals surface area contributed by atoms with Crippen molar-refractivity contribution in [1.82, 2.24) is 15.0 Å². The molecule has 36 heavy (non-hydrogen) atoms. The Morgan fingerprint density at radius 1 is 1.06 bits per heavy atom. The van der Waals surface area contributed by atoms with Crippen LogP contribution in [0.4, 0.5) is 0 Å². The minimum Gasteiger partial charge on any atom is -0.487 e. The third kappa shape index (κ3) is 5.93. The van der Waals surface area contributed by atoms with Crippen LogP contribution in [-0.2, 0) is 11.3 Å². The third-order valence-electron chi connectivity index (χ3n) is 5.58. The molecule has 5 atom stereocenters. The van der Waals surface area contributed by atoms with Crippen LogP contribution in [0, 0.1) is 0 Å². The van der Waals surface area contributed by atoms with Gasteiger partial charge in [0, 0.05) is 5.56 Å². The number of ether oxygens (including phenoxy) is 2. The predicted octanol–water partition coefficient (Wildman–Crippen LogP) is 2.03. The van der Waals surface area contributed by atoms with E-state index >= 15 is 0 Å². The lowest BCUT2D eigenvalue weighted by atomic mass is 9.98. The Morgan fingerprint density at radius 3 is 2.50 bits per heavy atom. The van der Waals surface area contributed by atoms with Crippen molar-refractivity contribution in [3.8, 4) is 5.75 Å². The van der Waals surface area contributed by atoms with Crippen LogP contribution in [-0.4, -0.2) is 72.2 Å². The van der Waals surface area contributed by atoms with E-state index in [-0.39, 0.29) is 12.4 Å². The van der Waals surface area contributed by atoms with Gasteiger partial charge in [0.2, 0.25) is 0 Å². The van der Waals surface area contributed by atoms with Crippen molar-refractivity contribution < 1.29 is 34.7 Å². The number of aromatic nitrogens is 3. The fourth-order valence-electron chi connectivity index (χ4n) is 3.56. The highest BCUT2D eigenvalue weighted by molar-refractivity contribution is 6.42. The molecule has 0 unspecified atom stereocenters. The molecule has 0 spiro atoms. The van der Waals surface area contributed by atoms with Gasteiger partial charge in [-0.3, -0.25) is 4.79 Å². The molecule has 1 saturated heterocycles. The van der Waals surface area contributed by atoms with Gasteiger partial charge in [-0.05, 0) is 48.0 Å². The number of benzene rings is 2. The van der Waals surface area contributed by atoms with E-state index in [0.29, 0.717) is 27.1 Å². The predicted molar refractivity (Wildman–Crippen MR) is 130 cm³/mol. The van der Waals surface area contributed by atoms with E-state index in [1.165, 1.54) is 17.0 Å². The first-order chi connectivity index (χ1) is 17.3. The monoisotopic (exact) mass is 535 g/mol. The molecule has 2 heterocycles. The van der Waals surface area contributed by atoms with Crippen molar-refractivity contribution in [2.75, 3.05) is 6.61 Å². The van der Waals surface area contributed by atoms with E-state index < -0.39 is 37.3 Å². The van der Waals surface area contributed by atoms with Crippen LogP contribution in [0.5, 0.6) is 5.75 Å². The number of aliphatic hydroxyl groups is 4. The van der Waals surface area contributed by atoms with Gasteiger partial charge in [-0.2, -0.15) is 0 Å². The van der Waals surface area contributed by atoms with Crippen molar-refractivity contribution in [1.29, 1.82) is 0 Å². The fourth-order valence-corrected chi connectivity index (χ4v) is 3.87. The molecule has 0 radical (unpaired) electrons. The van der Waals surface area contributed by atoms with E-state index in [1.807, 2.05) is 0 Å². The summed E-state index contributed by atoms with van der Waals surface area (Å²) < 4.78 is 12.3. The Morgan fingerprint density at radius 2 is 1.81 bits per heavy atom. The van der Waals surface area contributed by atoms with Gasteiger partial charge in [0.15, 0.2) is 12.0 Å². The lowest BCUT2D eigenvalue weighted by molar-refractivity contribution is -0.254. The second-order valence-corrected chi connectivity index (χ2v) is 8.91. The molecule has 1 fully saturated rings. The van der Waals surface area contributed by atoms with Crippen LogP contribution >= 0.6 is 23.2 Å². The number of ketones is 1. The summed E-state index contributed by atoms with van der Waals surface area (Å²) in [7, 11) is 0. The summed E-state index contributed by atoms with van der Waals surface area (Å²) in [4.78, 5) is 12.4. The van der Waals surface area contributed by atoms with E-state index in [0.717, 1.165) is 5.56 Å². The Kier molecular flexibility index (Phi) is 8.37. The summed E-state index contributed by atoms with van der Waals surface area (Å²) in [6, 6.07) is 11.6. The number of carbonyl (C=O) groups is 1. The number of allylic oxidation sites excluding steroid dienone is 1. The molecule has 190 valence electrons. The normalized spacial score (nSPS) is 24.2. The highest BCUT2D eigenvalue weighted by atomic mass is 35.5. The standard InChI is InChI=1S/C24H23Cl2N3O7/c25-17-7-1-13(9-18(17)26)2-8-19(31)14-3-5-16(6-4-14)35-12-15-10-29(28-27-15)24-23(34)22(33)21(32)20(11-30)36-24/h1-10,20-24,30,32-34H,11-12H2/b8-2+/t20-,21-,22+,23-,24-/m1/s1. The molecule has 4 N–H and O–H groups in total. The summed E-state index contributed by atoms with van der Waals surface area (Å²) >= 11 is 11.9. The van der Waals surface area contributed by atoms with Crippen molar-refractivity contribution >= 4 is 35.1 Å². The minimum atomic E-state index is -1.52. The first kappa shape index (κ1) is 26.2. The van der Waals surface area contributed by atoms with Crippen molar-refractivity contribution in [3.63, 3.8) is 0 Å². The zero-order valence-corrected chi connectivity index (χ0v) is 20.2.